The molecule has 0 aromatic rings. The van der Waals surface area contributed by atoms with E-state index < -0.39 is 242 Å². The molecule has 0 radical (unpaired) electrons. The van der Waals surface area contributed by atoms with E-state index >= 15 is 0 Å². The van der Waals surface area contributed by atoms with Crippen molar-refractivity contribution in [2.45, 2.75) is 169 Å². The number of hydrogen-bond acceptors (Lipinski definition) is 35. The van der Waals surface area contributed by atoms with E-state index in [1.165, 1.54) is 0 Å². The SMILES string of the molecule is OC[C@H]1OC2(COC3(COC4(O[C@H](CO)[C@@H](O)[C@@H]4O)OC4(O[C@H](CO)[C@@H](O)[C@@H]4O)OC4(O[C@H](CO)[C@@H](O)[C@@H]4O)OC4(COC5(CO2)O[C@H](CO)[C@@H](O)[C@@H]5O)O[C@H](CO)[C@@H](O)[C@@H]4O)O[C@H](CO)[C@@H](O)[C@@H]3O)[C@@H](O)[C@@H]1O. The minimum absolute atomic E-state index is 1.09. The van der Waals surface area contributed by atoms with Gasteiger partial charge in [0.25, 0.3) is 0 Å². The van der Waals surface area contributed by atoms with Gasteiger partial charge in [-0.25, -0.2) is 0 Å². The lowest BCUT2D eigenvalue weighted by Crippen LogP contribution is -2.67. The molecule has 8 aliphatic rings. The summed E-state index contributed by atoms with van der Waals surface area (Å²) in [7, 11) is 0. The lowest BCUT2D eigenvalue weighted by molar-refractivity contribution is -0.585. The zero-order chi connectivity index (χ0) is 54.3. The van der Waals surface area contributed by atoms with Crippen LogP contribution >= 0.6 is 0 Å². The van der Waals surface area contributed by atoms with Crippen LogP contribution in [0.15, 0.2) is 0 Å². The van der Waals surface area contributed by atoms with E-state index in [0.29, 0.717) is 0 Å². The molecule has 28 atom stereocenters. The molecule has 8 heterocycles. The third kappa shape index (κ3) is 9.32. The molecule has 8 saturated heterocycles. The van der Waals surface area contributed by atoms with Crippen LogP contribution in [0.5, 0.6) is 0 Å². The fraction of sp³-hybridized carbons (Fsp3) is 1.00. The van der Waals surface area contributed by atoms with Crippen molar-refractivity contribution in [1.29, 1.82) is 0 Å². The minimum atomic E-state index is -3.90. The first kappa shape index (κ1) is 58.7. The maximum absolute atomic E-state index is 12.0. The normalized spacial score (nSPS) is 56.6. The maximum atomic E-state index is 12.0. The van der Waals surface area contributed by atoms with Crippen LogP contribution in [0, 0.1) is 0 Å². The number of aliphatic hydroxyl groups excluding tert-OH is 21. The Morgan fingerprint density at radius 2 is 0.459 bits per heavy atom. The van der Waals surface area contributed by atoms with Crippen LogP contribution in [-0.2, 0) is 66.3 Å². The van der Waals surface area contributed by atoms with Gasteiger partial charge in [-0.3, -0.25) is 14.2 Å². The largest absolute Gasteiger partial charge is 0.394 e. The van der Waals surface area contributed by atoms with Gasteiger partial charge in [-0.15, -0.1) is 0 Å². The van der Waals surface area contributed by atoms with Crippen molar-refractivity contribution in [3.05, 3.63) is 0 Å². The van der Waals surface area contributed by atoms with Crippen molar-refractivity contribution < 1.29 is 174 Å². The molecule has 74 heavy (non-hydrogen) atoms. The molecule has 0 bridgehead atoms. The van der Waals surface area contributed by atoms with Gasteiger partial charge in [0.1, 0.15) is 136 Å². The second kappa shape index (κ2) is 21.6. The standard InChI is InChI=1S/C39H64O35/c40-1-12-19(47)26(54)33(65-12)8-62-35(28(56)21(49)14(3-42)67-35)10-64-37(30(58)23(51)16(5-44)69-37)73-39(32(60)25(53)18(7-46)71-39)74-38(31(59)24(52)17(6-45)70-38)72-36(29(57)22(50)15(4-43)68-36)11-63-34(9-61-33)27(55)20(48)13(2-41)66-34/h12-32,40-60H,1-11H2/t12-,13-,14-,15-,16-,17-,18-,19-,20-,21-,22-,23-,24-,25-,26+,27+,28+,29+,30+,31+,32+,33?,34?,35?,36?,37?,38?,39?/m1/s1. The molecule has 0 aromatic heterocycles. The van der Waals surface area contributed by atoms with Gasteiger partial charge in [-0.05, 0) is 0 Å². The van der Waals surface area contributed by atoms with Gasteiger partial charge >= 0.3 is 17.9 Å². The van der Waals surface area contributed by atoms with E-state index in [0.717, 1.165) is 0 Å². The molecule has 21 N–H and O–H groups in total. The summed E-state index contributed by atoms with van der Waals surface area (Å²) in [4.78, 5) is 0. The molecule has 35 nitrogen and oxygen atoms in total. The summed E-state index contributed by atoms with van der Waals surface area (Å²) in [5, 5.41) is 233. The van der Waals surface area contributed by atoms with Crippen LogP contribution in [-0.4, -0.2) is 349 Å². The molecule has 7 unspecified atom stereocenters. The summed E-state index contributed by atoms with van der Waals surface area (Å²) in [5.74, 6) is -23.9. The zero-order valence-corrected chi connectivity index (χ0v) is 38.5. The summed E-state index contributed by atoms with van der Waals surface area (Å²) in [6.45, 7) is -14.4. The molecule has 7 spiro atoms. The van der Waals surface area contributed by atoms with Gasteiger partial charge in [-0.2, -0.15) is 0 Å². The first-order valence-electron chi connectivity index (χ1n) is 23.1. The molecular formula is C39H64O35. The first-order valence-corrected chi connectivity index (χ1v) is 23.1. The van der Waals surface area contributed by atoms with Crippen LogP contribution in [0.1, 0.15) is 0 Å². The highest BCUT2D eigenvalue weighted by atomic mass is 17.1. The lowest BCUT2D eigenvalue weighted by Gasteiger charge is -2.48. The van der Waals surface area contributed by atoms with E-state index in [1.807, 2.05) is 0 Å². The summed E-state index contributed by atoms with van der Waals surface area (Å²) in [6.07, 6.45) is -48.3. The second-order valence-electron chi connectivity index (χ2n) is 18.9. The van der Waals surface area contributed by atoms with Crippen LogP contribution in [0.25, 0.3) is 0 Å². The number of aliphatic hydroxyl groups is 21. The Bertz CT molecular complexity index is 1780. The molecule has 0 amide bonds. The monoisotopic (exact) mass is 1090 g/mol. The van der Waals surface area contributed by atoms with Gasteiger partial charge in [0.2, 0.25) is 23.1 Å². The van der Waals surface area contributed by atoms with Crippen molar-refractivity contribution in [3.63, 3.8) is 0 Å². The Morgan fingerprint density at radius 1 is 0.243 bits per heavy atom. The topological polar surface area (TPSA) is 554 Å². The molecular weight excluding hydrogens is 1030 g/mol. The van der Waals surface area contributed by atoms with Crippen molar-refractivity contribution in [3.8, 4) is 0 Å². The average molecular weight is 1090 g/mol. The third-order valence-corrected chi connectivity index (χ3v) is 14.3. The van der Waals surface area contributed by atoms with Gasteiger partial charge in [0.05, 0.1) is 46.2 Å². The Morgan fingerprint density at radius 3 is 0.770 bits per heavy atom. The Kier molecular flexibility index (Phi) is 17.1. The van der Waals surface area contributed by atoms with Crippen molar-refractivity contribution >= 4 is 0 Å². The van der Waals surface area contributed by atoms with E-state index in [1.54, 1.807) is 0 Å². The van der Waals surface area contributed by atoms with E-state index in [-0.39, 0.29) is 0 Å². The zero-order valence-electron chi connectivity index (χ0n) is 38.5. The van der Waals surface area contributed by atoms with E-state index in [4.69, 9.17) is 66.3 Å². The number of ether oxygens (including phenoxy) is 14. The molecule has 0 aliphatic carbocycles. The van der Waals surface area contributed by atoms with Crippen molar-refractivity contribution in [1.82, 2.24) is 0 Å². The van der Waals surface area contributed by atoms with Crippen LogP contribution in [0.3, 0.4) is 0 Å². The summed E-state index contributed by atoms with van der Waals surface area (Å²) >= 11 is 0. The highest BCUT2D eigenvalue weighted by Gasteiger charge is 2.75. The van der Waals surface area contributed by atoms with E-state index in [9.17, 15) is 107 Å². The number of rotatable bonds is 7. The molecule has 8 fully saturated rings. The van der Waals surface area contributed by atoms with Crippen LogP contribution < -0.4 is 0 Å². The molecule has 8 rings (SSSR count). The molecule has 8 aliphatic heterocycles. The van der Waals surface area contributed by atoms with Crippen LogP contribution in [0.2, 0.25) is 0 Å². The van der Waals surface area contributed by atoms with Crippen LogP contribution in [0.4, 0.5) is 0 Å². The van der Waals surface area contributed by atoms with Gasteiger partial charge in [-0.1, -0.05) is 0 Å². The highest BCUT2D eigenvalue weighted by molar-refractivity contribution is 5.07. The summed E-state index contributed by atoms with van der Waals surface area (Å²) in [6, 6.07) is 0. The van der Waals surface area contributed by atoms with Gasteiger partial charge < -0.3 is 159 Å². The minimum Gasteiger partial charge on any atom is -0.394 e. The van der Waals surface area contributed by atoms with Crippen molar-refractivity contribution in [2.24, 2.45) is 0 Å². The molecule has 0 aromatic carbocycles. The Balaban J connectivity index is 1.36. The predicted molar refractivity (Wildman–Crippen MR) is 214 cm³/mol. The van der Waals surface area contributed by atoms with Crippen molar-refractivity contribution in [2.75, 3.05) is 72.7 Å². The Hall–Kier alpha value is -1.40. The smallest absolute Gasteiger partial charge is 0.322 e. The lowest BCUT2D eigenvalue weighted by atomic mass is 10.0. The first-order chi connectivity index (χ1) is 34.9. The maximum Gasteiger partial charge on any atom is 0.322 e. The number of hydrogen-bond donors (Lipinski definition) is 21. The summed E-state index contributed by atoms with van der Waals surface area (Å²) < 4.78 is 82.1. The fourth-order valence-corrected chi connectivity index (χ4v) is 9.94. The fourth-order valence-electron chi connectivity index (χ4n) is 9.94. The highest BCUT2D eigenvalue weighted by Crippen LogP contribution is 2.52. The molecule has 35 heteroatoms. The average Bonchev–Trinajstić information content (AvgIpc) is 4.16. The summed E-state index contributed by atoms with van der Waals surface area (Å²) in [5.41, 5.74) is 0. The van der Waals surface area contributed by atoms with E-state index in [2.05, 4.69) is 0 Å². The second-order valence-corrected chi connectivity index (χ2v) is 18.9. The third-order valence-electron chi connectivity index (χ3n) is 14.3. The van der Waals surface area contributed by atoms with Gasteiger partial charge in [0.15, 0.2) is 18.3 Å². The van der Waals surface area contributed by atoms with Gasteiger partial charge in [0, 0.05) is 0 Å². The predicted octanol–water partition coefficient (Wildman–Crippen LogP) is -15.3. The Labute approximate surface area is 415 Å². The molecule has 430 valence electrons. The molecule has 0 saturated carbocycles. The quantitative estimate of drug-likeness (QED) is 0.113.